The zero-order chi connectivity index (χ0) is 16.2. The molecule has 4 heteroatoms. The van der Waals surface area contributed by atoms with Crippen molar-refractivity contribution < 1.29 is 4.79 Å². The fourth-order valence-corrected chi connectivity index (χ4v) is 2.59. The van der Waals surface area contributed by atoms with Crippen molar-refractivity contribution >= 4 is 17.4 Å². The molecule has 3 rings (SSSR count). The third-order valence-electron chi connectivity index (χ3n) is 3.59. The number of Topliss-reactive ketones (excluding diaryl/α,β-unsaturated/α-hetero) is 1. The zero-order valence-corrected chi connectivity index (χ0v) is 13.4. The van der Waals surface area contributed by atoms with Crippen molar-refractivity contribution in [2.24, 2.45) is 0 Å². The molecule has 114 valence electrons. The van der Waals surface area contributed by atoms with Crippen molar-refractivity contribution in [1.29, 1.82) is 0 Å². The quantitative estimate of drug-likeness (QED) is 0.663. The molecule has 0 amide bonds. The Kier molecular flexibility index (Phi) is 4.49. The summed E-state index contributed by atoms with van der Waals surface area (Å²) in [5.74, 6) is -0.0260. The molecule has 0 aliphatic carbocycles. The molecule has 0 radical (unpaired) electrons. The van der Waals surface area contributed by atoms with Crippen LogP contribution in [0, 0.1) is 6.92 Å². The molecule has 0 aliphatic rings. The molecule has 0 bridgehead atoms. The first-order chi connectivity index (χ1) is 11.1. The number of aryl methyl sites for hydroxylation is 1. The third kappa shape index (κ3) is 3.63. The lowest BCUT2D eigenvalue weighted by molar-refractivity contribution is 0.0992. The minimum absolute atomic E-state index is 0.0260. The molecule has 0 fully saturated rings. The minimum Gasteiger partial charge on any atom is -0.294 e. The second-order valence-electron chi connectivity index (χ2n) is 5.34. The first-order valence-corrected chi connectivity index (χ1v) is 7.67. The fraction of sp³-hybridized carbons (Fsp3) is 0.105. The lowest BCUT2D eigenvalue weighted by atomic mass is 9.99. The summed E-state index contributed by atoms with van der Waals surface area (Å²) in [5.41, 5.74) is 4.44. The molecule has 1 heterocycles. The van der Waals surface area contributed by atoms with Crippen LogP contribution < -0.4 is 0 Å². The second-order valence-corrected chi connectivity index (χ2v) is 5.70. The fourth-order valence-electron chi connectivity index (χ4n) is 2.42. The molecule has 0 atom stereocenters. The van der Waals surface area contributed by atoms with Gasteiger partial charge in [0.05, 0.1) is 12.1 Å². The molecule has 1 aromatic heterocycles. The number of ketones is 1. The van der Waals surface area contributed by atoms with Crippen LogP contribution in [0.5, 0.6) is 0 Å². The highest BCUT2D eigenvalue weighted by Gasteiger charge is 2.12. The van der Waals surface area contributed by atoms with Crippen molar-refractivity contribution in [3.8, 4) is 11.1 Å². The SMILES string of the molecule is Cc1cccc(-c2cccc(C(=O)Cc3nccnc3Cl)c2)c1. The summed E-state index contributed by atoms with van der Waals surface area (Å²) in [7, 11) is 0. The van der Waals surface area contributed by atoms with Crippen LogP contribution >= 0.6 is 11.6 Å². The second kappa shape index (κ2) is 6.71. The maximum Gasteiger partial charge on any atom is 0.168 e. The summed E-state index contributed by atoms with van der Waals surface area (Å²) >= 11 is 5.97. The van der Waals surface area contributed by atoms with Crippen molar-refractivity contribution in [2.45, 2.75) is 13.3 Å². The van der Waals surface area contributed by atoms with Gasteiger partial charge >= 0.3 is 0 Å². The number of aromatic nitrogens is 2. The maximum atomic E-state index is 12.5. The molecule has 0 unspecified atom stereocenters. The van der Waals surface area contributed by atoms with Crippen molar-refractivity contribution in [1.82, 2.24) is 9.97 Å². The number of nitrogens with zero attached hydrogens (tertiary/aromatic N) is 2. The largest absolute Gasteiger partial charge is 0.294 e. The Bertz CT molecular complexity index is 861. The normalized spacial score (nSPS) is 10.5. The molecule has 2 aromatic carbocycles. The lowest BCUT2D eigenvalue weighted by Gasteiger charge is -2.06. The summed E-state index contributed by atoms with van der Waals surface area (Å²) in [5, 5.41) is 0.274. The predicted octanol–water partition coefficient (Wildman–Crippen LogP) is 4.53. The lowest BCUT2D eigenvalue weighted by Crippen LogP contribution is -2.06. The summed E-state index contributed by atoms with van der Waals surface area (Å²) in [6.07, 6.45) is 3.19. The predicted molar refractivity (Wildman–Crippen MR) is 91.7 cm³/mol. The summed E-state index contributed by atoms with van der Waals surface area (Å²) in [4.78, 5) is 20.6. The van der Waals surface area contributed by atoms with E-state index in [1.54, 1.807) is 0 Å². The van der Waals surface area contributed by atoms with E-state index in [0.29, 0.717) is 11.3 Å². The van der Waals surface area contributed by atoms with Gasteiger partial charge in [0.2, 0.25) is 0 Å². The first kappa shape index (κ1) is 15.4. The standard InChI is InChI=1S/C19H15ClN2O/c1-13-4-2-5-14(10-13)15-6-3-7-16(11-15)18(23)12-17-19(20)22-9-8-21-17/h2-11H,12H2,1H3. The van der Waals surface area contributed by atoms with Gasteiger partial charge in [-0.3, -0.25) is 9.78 Å². The van der Waals surface area contributed by atoms with E-state index in [2.05, 4.69) is 29.0 Å². The molecule has 23 heavy (non-hydrogen) atoms. The number of carbonyl (C=O) groups excluding carboxylic acids is 1. The van der Waals surface area contributed by atoms with E-state index in [0.717, 1.165) is 11.1 Å². The van der Waals surface area contributed by atoms with E-state index in [4.69, 9.17) is 11.6 Å². The molecule has 0 aliphatic heterocycles. The minimum atomic E-state index is -0.0260. The van der Waals surface area contributed by atoms with E-state index in [1.165, 1.54) is 18.0 Å². The zero-order valence-electron chi connectivity index (χ0n) is 12.7. The molecule has 0 saturated carbocycles. The molecule has 0 N–H and O–H groups in total. The number of hydrogen-bond acceptors (Lipinski definition) is 3. The van der Waals surface area contributed by atoms with Gasteiger partial charge in [0.25, 0.3) is 0 Å². The average Bonchev–Trinajstić information content (AvgIpc) is 2.57. The number of carbonyl (C=O) groups is 1. The van der Waals surface area contributed by atoms with Crippen LogP contribution in [0.2, 0.25) is 5.15 Å². The van der Waals surface area contributed by atoms with E-state index in [9.17, 15) is 4.79 Å². The topological polar surface area (TPSA) is 42.9 Å². The van der Waals surface area contributed by atoms with Gasteiger partial charge in [0.15, 0.2) is 10.9 Å². The third-order valence-corrected chi connectivity index (χ3v) is 3.90. The first-order valence-electron chi connectivity index (χ1n) is 7.29. The van der Waals surface area contributed by atoms with Crippen LogP contribution in [-0.2, 0) is 6.42 Å². The van der Waals surface area contributed by atoms with Gasteiger partial charge < -0.3 is 0 Å². The highest BCUT2D eigenvalue weighted by molar-refractivity contribution is 6.30. The van der Waals surface area contributed by atoms with Crippen LogP contribution in [0.25, 0.3) is 11.1 Å². The molecule has 3 nitrogen and oxygen atoms in total. The monoisotopic (exact) mass is 322 g/mol. The Balaban J connectivity index is 1.88. The van der Waals surface area contributed by atoms with Crippen LogP contribution in [0.3, 0.4) is 0 Å². The van der Waals surface area contributed by atoms with Crippen molar-refractivity contribution in [2.75, 3.05) is 0 Å². The highest BCUT2D eigenvalue weighted by atomic mass is 35.5. The summed E-state index contributed by atoms with van der Waals surface area (Å²) < 4.78 is 0. The number of hydrogen-bond donors (Lipinski definition) is 0. The van der Waals surface area contributed by atoms with Crippen LogP contribution in [0.1, 0.15) is 21.6 Å². The van der Waals surface area contributed by atoms with Crippen LogP contribution in [0.4, 0.5) is 0 Å². The van der Waals surface area contributed by atoms with E-state index < -0.39 is 0 Å². The molecular weight excluding hydrogens is 308 g/mol. The van der Waals surface area contributed by atoms with E-state index in [1.807, 2.05) is 36.4 Å². The smallest absolute Gasteiger partial charge is 0.168 e. The van der Waals surface area contributed by atoms with E-state index in [-0.39, 0.29) is 17.4 Å². The molecule has 0 spiro atoms. The molecule has 3 aromatic rings. The van der Waals surface area contributed by atoms with Crippen molar-refractivity contribution in [3.05, 3.63) is 82.9 Å². The van der Waals surface area contributed by atoms with Gasteiger partial charge in [-0.15, -0.1) is 0 Å². The van der Waals surface area contributed by atoms with Crippen LogP contribution in [0.15, 0.2) is 60.9 Å². The Morgan fingerprint density at radius 3 is 2.43 bits per heavy atom. The Labute approximate surface area is 140 Å². The Hall–Kier alpha value is -2.52. The van der Waals surface area contributed by atoms with Crippen molar-refractivity contribution in [3.63, 3.8) is 0 Å². The highest BCUT2D eigenvalue weighted by Crippen LogP contribution is 2.22. The van der Waals surface area contributed by atoms with Crippen LogP contribution in [-0.4, -0.2) is 15.8 Å². The Morgan fingerprint density at radius 1 is 1.00 bits per heavy atom. The van der Waals surface area contributed by atoms with Gasteiger partial charge in [0.1, 0.15) is 0 Å². The summed E-state index contributed by atoms with van der Waals surface area (Å²) in [6.45, 7) is 2.05. The number of benzene rings is 2. The van der Waals surface area contributed by atoms with Gasteiger partial charge in [0, 0.05) is 18.0 Å². The van der Waals surface area contributed by atoms with E-state index >= 15 is 0 Å². The molecule has 0 saturated heterocycles. The number of halogens is 1. The van der Waals surface area contributed by atoms with Gasteiger partial charge in [-0.2, -0.15) is 0 Å². The summed E-state index contributed by atoms with van der Waals surface area (Å²) in [6, 6.07) is 15.8. The molecular formula is C19H15ClN2O. The number of rotatable bonds is 4. The maximum absolute atomic E-state index is 12.5. The average molecular weight is 323 g/mol. The Morgan fingerprint density at radius 2 is 1.70 bits per heavy atom. The van der Waals surface area contributed by atoms with Gasteiger partial charge in [-0.25, -0.2) is 4.98 Å². The van der Waals surface area contributed by atoms with Gasteiger partial charge in [-0.1, -0.05) is 59.6 Å². The van der Waals surface area contributed by atoms with Gasteiger partial charge in [-0.05, 0) is 24.1 Å².